The first-order valence-corrected chi connectivity index (χ1v) is 6.81. The van der Waals surface area contributed by atoms with Gasteiger partial charge in [0.15, 0.2) is 11.4 Å². The van der Waals surface area contributed by atoms with E-state index in [0.29, 0.717) is 0 Å². The highest BCUT2D eigenvalue weighted by molar-refractivity contribution is 7.17. The van der Waals surface area contributed by atoms with Crippen LogP contribution in [0.1, 0.15) is 42.3 Å². The molecule has 0 spiro atoms. The molecule has 0 aliphatic carbocycles. The van der Waals surface area contributed by atoms with Crippen molar-refractivity contribution in [2.24, 2.45) is 5.92 Å². The molecule has 0 unspecified atom stereocenters. The van der Waals surface area contributed by atoms with Crippen molar-refractivity contribution in [3.8, 4) is 0 Å². The molecule has 1 aliphatic rings. The minimum atomic E-state index is 0.727. The average molecular weight is 238 g/mol. The van der Waals surface area contributed by atoms with Crippen LogP contribution in [0.25, 0.3) is 0 Å². The maximum atomic E-state index is 10.6. The van der Waals surface area contributed by atoms with E-state index < -0.39 is 0 Å². The third-order valence-electron chi connectivity index (χ3n) is 3.21. The number of piperidine rings is 1. The molecule has 4 heteroatoms. The topological polar surface area (TPSA) is 33.2 Å². The summed E-state index contributed by atoms with van der Waals surface area (Å²) in [6.45, 7) is 4.44. The monoisotopic (exact) mass is 238 g/mol. The Morgan fingerprint density at radius 3 is 2.88 bits per heavy atom. The van der Waals surface area contributed by atoms with Crippen LogP contribution in [-0.4, -0.2) is 24.4 Å². The third kappa shape index (κ3) is 2.61. The van der Waals surface area contributed by atoms with Gasteiger partial charge in [0.25, 0.3) is 0 Å². The van der Waals surface area contributed by atoms with Gasteiger partial charge < -0.3 is 4.90 Å². The Kier molecular flexibility index (Phi) is 3.93. The van der Waals surface area contributed by atoms with Crippen LogP contribution < -0.4 is 4.90 Å². The average Bonchev–Trinajstić information content (AvgIpc) is 2.79. The van der Waals surface area contributed by atoms with Crippen LogP contribution in [0.3, 0.4) is 0 Å². The maximum absolute atomic E-state index is 10.6. The SMILES string of the molecule is CCCC1CCN(c2ncc(C=O)s2)CC1. The summed E-state index contributed by atoms with van der Waals surface area (Å²) in [6, 6.07) is 0. The standard InChI is InChI=1S/C12H18N2OS/c1-2-3-10-4-6-14(7-5-10)12-13-8-11(9-15)16-12/h8-10H,2-7H2,1H3. The Balaban J connectivity index is 1.91. The number of hydrogen-bond donors (Lipinski definition) is 0. The normalized spacial score (nSPS) is 17.7. The van der Waals surface area contributed by atoms with Crippen LogP contribution >= 0.6 is 11.3 Å². The maximum Gasteiger partial charge on any atom is 0.185 e. The number of aldehydes is 1. The summed E-state index contributed by atoms with van der Waals surface area (Å²) < 4.78 is 0. The zero-order chi connectivity index (χ0) is 11.4. The van der Waals surface area contributed by atoms with Gasteiger partial charge in [-0.1, -0.05) is 31.1 Å². The molecule has 0 atom stereocenters. The van der Waals surface area contributed by atoms with Crippen molar-refractivity contribution < 1.29 is 4.79 Å². The van der Waals surface area contributed by atoms with Crippen molar-refractivity contribution in [3.63, 3.8) is 0 Å². The largest absolute Gasteiger partial charge is 0.348 e. The summed E-state index contributed by atoms with van der Waals surface area (Å²) in [5, 5.41) is 1.01. The third-order valence-corrected chi connectivity index (χ3v) is 4.19. The van der Waals surface area contributed by atoms with E-state index in [9.17, 15) is 4.79 Å². The molecule has 0 radical (unpaired) electrons. The summed E-state index contributed by atoms with van der Waals surface area (Å²) in [6.07, 6.45) is 7.73. The van der Waals surface area contributed by atoms with Gasteiger partial charge in [-0.15, -0.1) is 0 Å². The van der Waals surface area contributed by atoms with Gasteiger partial charge in [0, 0.05) is 13.1 Å². The highest BCUT2D eigenvalue weighted by Crippen LogP contribution is 2.28. The molecule has 1 aromatic heterocycles. The lowest BCUT2D eigenvalue weighted by molar-refractivity contribution is 0.112. The van der Waals surface area contributed by atoms with Crippen molar-refractivity contribution in [2.75, 3.05) is 18.0 Å². The van der Waals surface area contributed by atoms with E-state index in [1.165, 1.54) is 37.0 Å². The molecule has 0 saturated carbocycles. The number of thiazole rings is 1. The van der Waals surface area contributed by atoms with Gasteiger partial charge in [0.1, 0.15) is 0 Å². The Hall–Kier alpha value is -0.900. The molecular formula is C12H18N2OS. The fourth-order valence-corrected chi connectivity index (χ4v) is 3.08. The summed E-state index contributed by atoms with van der Waals surface area (Å²) >= 11 is 1.50. The number of aromatic nitrogens is 1. The molecular weight excluding hydrogens is 220 g/mol. The van der Waals surface area contributed by atoms with Crippen LogP contribution in [0.2, 0.25) is 0 Å². The molecule has 2 heterocycles. The van der Waals surface area contributed by atoms with E-state index in [4.69, 9.17) is 0 Å². The van der Waals surface area contributed by atoms with E-state index in [-0.39, 0.29) is 0 Å². The molecule has 1 saturated heterocycles. The van der Waals surface area contributed by atoms with Crippen molar-refractivity contribution >= 4 is 22.8 Å². The molecule has 16 heavy (non-hydrogen) atoms. The highest BCUT2D eigenvalue weighted by Gasteiger charge is 2.20. The molecule has 0 amide bonds. The number of nitrogens with zero attached hydrogens (tertiary/aromatic N) is 2. The number of anilines is 1. The lowest BCUT2D eigenvalue weighted by Gasteiger charge is -2.31. The van der Waals surface area contributed by atoms with Crippen molar-refractivity contribution in [1.82, 2.24) is 4.98 Å². The number of carbonyl (C=O) groups is 1. The summed E-state index contributed by atoms with van der Waals surface area (Å²) in [4.78, 5) is 17.9. The Morgan fingerprint density at radius 2 is 2.31 bits per heavy atom. The highest BCUT2D eigenvalue weighted by atomic mass is 32.1. The van der Waals surface area contributed by atoms with E-state index >= 15 is 0 Å². The predicted molar refractivity (Wildman–Crippen MR) is 67.3 cm³/mol. The van der Waals surface area contributed by atoms with Crippen LogP contribution in [0.15, 0.2) is 6.20 Å². The predicted octanol–water partition coefficient (Wildman–Crippen LogP) is 2.97. The van der Waals surface area contributed by atoms with E-state index in [2.05, 4.69) is 16.8 Å². The zero-order valence-electron chi connectivity index (χ0n) is 9.69. The van der Waals surface area contributed by atoms with Crippen molar-refractivity contribution in [3.05, 3.63) is 11.1 Å². The minimum absolute atomic E-state index is 0.727. The second-order valence-electron chi connectivity index (χ2n) is 4.38. The lowest BCUT2D eigenvalue weighted by Crippen LogP contribution is -2.33. The van der Waals surface area contributed by atoms with E-state index in [0.717, 1.165) is 35.3 Å². The summed E-state index contributed by atoms with van der Waals surface area (Å²) in [5.41, 5.74) is 0. The zero-order valence-corrected chi connectivity index (χ0v) is 10.5. The van der Waals surface area contributed by atoms with Gasteiger partial charge in [-0.2, -0.15) is 0 Å². The molecule has 3 nitrogen and oxygen atoms in total. The first-order valence-electron chi connectivity index (χ1n) is 5.99. The molecule has 88 valence electrons. The number of rotatable bonds is 4. The number of hydrogen-bond acceptors (Lipinski definition) is 4. The van der Waals surface area contributed by atoms with Crippen molar-refractivity contribution in [2.45, 2.75) is 32.6 Å². The first kappa shape index (κ1) is 11.6. The van der Waals surface area contributed by atoms with Gasteiger partial charge in [-0.05, 0) is 18.8 Å². The van der Waals surface area contributed by atoms with Crippen LogP contribution in [0.5, 0.6) is 0 Å². The Bertz CT molecular complexity index is 343. The molecule has 0 bridgehead atoms. The van der Waals surface area contributed by atoms with Gasteiger partial charge in [0.05, 0.1) is 11.1 Å². The second-order valence-corrected chi connectivity index (χ2v) is 5.42. The number of carbonyl (C=O) groups excluding carboxylic acids is 1. The lowest BCUT2D eigenvalue weighted by atomic mass is 9.93. The molecule has 1 aliphatic heterocycles. The smallest absolute Gasteiger partial charge is 0.185 e. The first-order chi connectivity index (χ1) is 7.83. The molecule has 0 aromatic carbocycles. The van der Waals surface area contributed by atoms with Gasteiger partial charge in [-0.3, -0.25) is 4.79 Å². The van der Waals surface area contributed by atoms with E-state index in [1.54, 1.807) is 6.20 Å². The Morgan fingerprint density at radius 1 is 1.56 bits per heavy atom. The molecule has 1 fully saturated rings. The molecule has 1 aromatic rings. The second kappa shape index (κ2) is 5.43. The quantitative estimate of drug-likeness (QED) is 0.756. The van der Waals surface area contributed by atoms with Crippen LogP contribution in [0.4, 0.5) is 5.13 Å². The van der Waals surface area contributed by atoms with Gasteiger partial charge in [-0.25, -0.2) is 4.98 Å². The van der Waals surface area contributed by atoms with Crippen LogP contribution in [0, 0.1) is 5.92 Å². The summed E-state index contributed by atoms with van der Waals surface area (Å²) in [7, 11) is 0. The molecule has 2 rings (SSSR count). The minimum Gasteiger partial charge on any atom is -0.348 e. The molecule has 0 N–H and O–H groups in total. The fourth-order valence-electron chi connectivity index (χ4n) is 2.30. The van der Waals surface area contributed by atoms with Crippen molar-refractivity contribution in [1.29, 1.82) is 0 Å². The summed E-state index contributed by atoms with van der Waals surface area (Å²) in [5.74, 6) is 0.895. The van der Waals surface area contributed by atoms with Gasteiger partial charge >= 0.3 is 0 Å². The van der Waals surface area contributed by atoms with Crippen LogP contribution in [-0.2, 0) is 0 Å². The fraction of sp³-hybridized carbons (Fsp3) is 0.667. The van der Waals surface area contributed by atoms with E-state index in [1.807, 2.05) is 0 Å². The Labute approximate surface area is 100 Å². The van der Waals surface area contributed by atoms with Gasteiger partial charge in [0.2, 0.25) is 0 Å².